The van der Waals surface area contributed by atoms with E-state index in [1.165, 1.54) is 29.9 Å². The van der Waals surface area contributed by atoms with Gasteiger partial charge in [0.2, 0.25) is 0 Å². The summed E-state index contributed by atoms with van der Waals surface area (Å²) in [7, 11) is 1.29. The Kier molecular flexibility index (Phi) is 10.6. The molecule has 1 aliphatic carbocycles. The molecule has 4 heteroatoms. The van der Waals surface area contributed by atoms with E-state index in [1.54, 1.807) is 6.08 Å². The normalized spacial score (nSPS) is 22.8. The molecule has 0 heterocycles. The highest BCUT2D eigenvalue weighted by Crippen LogP contribution is 2.29. The first-order chi connectivity index (χ1) is 13.2. The van der Waals surface area contributed by atoms with Gasteiger partial charge in [-0.15, -0.1) is 0 Å². The van der Waals surface area contributed by atoms with E-state index >= 15 is 0 Å². The minimum Gasteiger partial charge on any atom is -0.438 e. The zero-order valence-corrected chi connectivity index (χ0v) is 18.3. The zero-order valence-electron chi connectivity index (χ0n) is 18.3. The van der Waals surface area contributed by atoms with Gasteiger partial charge in [0.1, 0.15) is 6.10 Å². The third kappa shape index (κ3) is 8.73. The van der Waals surface area contributed by atoms with Gasteiger partial charge >= 0.3 is 6.16 Å². The number of hydrogen-bond donors (Lipinski definition) is 0. The summed E-state index contributed by atoms with van der Waals surface area (Å²) < 4.78 is 9.93. The van der Waals surface area contributed by atoms with Crippen LogP contribution in [0.4, 0.5) is 4.79 Å². The molecule has 0 saturated carbocycles. The van der Waals surface area contributed by atoms with Gasteiger partial charge in [0, 0.05) is 11.8 Å². The third-order valence-corrected chi connectivity index (χ3v) is 5.22. The maximum Gasteiger partial charge on any atom is 0.508 e. The summed E-state index contributed by atoms with van der Waals surface area (Å²) in [4.78, 5) is 23.5. The van der Waals surface area contributed by atoms with Crippen molar-refractivity contribution in [2.75, 3.05) is 7.11 Å². The van der Waals surface area contributed by atoms with Crippen LogP contribution in [-0.4, -0.2) is 25.2 Å². The first-order valence-corrected chi connectivity index (χ1v) is 10.2. The molecule has 0 amide bonds. The lowest BCUT2D eigenvalue weighted by Gasteiger charge is -2.30. The zero-order chi connectivity index (χ0) is 21.1. The molecule has 0 bridgehead atoms. The van der Waals surface area contributed by atoms with Gasteiger partial charge in [0.25, 0.3) is 0 Å². The van der Waals surface area contributed by atoms with Gasteiger partial charge in [-0.3, -0.25) is 4.79 Å². The Hall–Kier alpha value is -2.10. The molecule has 156 valence electrons. The maximum atomic E-state index is 12.0. The minimum absolute atomic E-state index is 0.0621. The Morgan fingerprint density at radius 1 is 1.04 bits per heavy atom. The van der Waals surface area contributed by atoms with Gasteiger partial charge in [0.05, 0.1) is 7.11 Å². The minimum atomic E-state index is -0.712. The number of rotatable bonds is 9. The van der Waals surface area contributed by atoms with Gasteiger partial charge < -0.3 is 9.47 Å². The lowest BCUT2D eigenvalue weighted by Crippen LogP contribution is -2.36. The quantitative estimate of drug-likeness (QED) is 0.342. The summed E-state index contributed by atoms with van der Waals surface area (Å²) in [6.45, 7) is 10.5. The number of carbonyl (C=O) groups excluding carboxylic acids is 2. The van der Waals surface area contributed by atoms with Crippen LogP contribution in [0.15, 0.2) is 47.1 Å². The van der Waals surface area contributed by atoms with Crippen LogP contribution in [0.1, 0.15) is 66.7 Å². The topological polar surface area (TPSA) is 52.6 Å². The molecule has 3 atom stereocenters. The summed E-state index contributed by atoms with van der Waals surface area (Å²) in [5.41, 5.74) is 4.08. The highest BCUT2D eigenvalue weighted by molar-refractivity contribution is 5.92. The molecule has 1 rings (SSSR count). The molecular weight excluding hydrogens is 352 g/mol. The number of allylic oxidation sites excluding steroid dienone is 7. The second kappa shape index (κ2) is 12.4. The van der Waals surface area contributed by atoms with E-state index in [9.17, 15) is 9.59 Å². The highest BCUT2D eigenvalue weighted by Gasteiger charge is 2.34. The van der Waals surface area contributed by atoms with Crippen molar-refractivity contribution in [3.63, 3.8) is 0 Å². The molecular formula is C24H36O4. The second-order valence-electron chi connectivity index (χ2n) is 7.95. The van der Waals surface area contributed by atoms with E-state index in [0.29, 0.717) is 6.42 Å². The summed E-state index contributed by atoms with van der Waals surface area (Å²) in [6.07, 6.45) is 13.7. The van der Waals surface area contributed by atoms with E-state index in [4.69, 9.17) is 4.74 Å². The SMILES string of the molecule is COC(=O)OC1C=CC(=O)C(C)C1C/C=C(\C)CC/C=C(\C)CCC=C(C)C. The van der Waals surface area contributed by atoms with E-state index < -0.39 is 12.3 Å². The molecule has 28 heavy (non-hydrogen) atoms. The van der Waals surface area contributed by atoms with E-state index in [-0.39, 0.29) is 17.6 Å². The fourth-order valence-electron chi connectivity index (χ4n) is 3.28. The molecule has 0 aromatic carbocycles. The van der Waals surface area contributed by atoms with Crippen LogP contribution in [0.2, 0.25) is 0 Å². The summed E-state index contributed by atoms with van der Waals surface area (Å²) in [5.74, 6) is -0.162. The fourth-order valence-corrected chi connectivity index (χ4v) is 3.28. The van der Waals surface area contributed by atoms with Crippen LogP contribution in [0.3, 0.4) is 0 Å². The molecule has 0 aromatic rings. The van der Waals surface area contributed by atoms with E-state index in [2.05, 4.69) is 50.7 Å². The Bertz CT molecular complexity index is 648. The van der Waals surface area contributed by atoms with Crippen molar-refractivity contribution in [2.45, 2.75) is 72.8 Å². The van der Waals surface area contributed by atoms with Crippen molar-refractivity contribution in [1.82, 2.24) is 0 Å². The second-order valence-corrected chi connectivity index (χ2v) is 7.95. The van der Waals surface area contributed by atoms with Crippen LogP contribution in [-0.2, 0) is 14.3 Å². The molecule has 0 aliphatic heterocycles. The Labute approximate surface area is 170 Å². The average Bonchev–Trinajstić information content (AvgIpc) is 2.63. The van der Waals surface area contributed by atoms with Gasteiger partial charge in [-0.2, -0.15) is 0 Å². The van der Waals surface area contributed by atoms with Gasteiger partial charge in [-0.25, -0.2) is 4.79 Å². The average molecular weight is 389 g/mol. The van der Waals surface area contributed by atoms with Crippen molar-refractivity contribution < 1.29 is 19.1 Å². The van der Waals surface area contributed by atoms with Crippen molar-refractivity contribution in [2.24, 2.45) is 11.8 Å². The standard InChI is InChI=1S/C24H36O4/c1-17(2)9-7-10-18(3)11-8-12-19(4)13-14-21-20(5)22(25)15-16-23(21)28-24(26)27-6/h9,11,13,15-16,20-21,23H,7-8,10,12,14H2,1-6H3/b18-11+,19-13+. The fraction of sp³-hybridized carbons (Fsp3) is 0.583. The Morgan fingerprint density at radius 2 is 1.64 bits per heavy atom. The Balaban J connectivity index is 2.58. The third-order valence-electron chi connectivity index (χ3n) is 5.22. The first kappa shape index (κ1) is 23.9. The highest BCUT2D eigenvalue weighted by atomic mass is 16.7. The number of methoxy groups -OCH3 is 1. The van der Waals surface area contributed by atoms with E-state index in [0.717, 1.165) is 25.7 Å². The predicted octanol–water partition coefficient (Wildman–Crippen LogP) is 6.34. The van der Waals surface area contributed by atoms with Crippen molar-refractivity contribution >= 4 is 11.9 Å². The molecule has 1 aliphatic rings. The van der Waals surface area contributed by atoms with Crippen molar-refractivity contribution in [3.8, 4) is 0 Å². The first-order valence-electron chi connectivity index (χ1n) is 10.2. The van der Waals surface area contributed by atoms with Crippen LogP contribution >= 0.6 is 0 Å². The number of hydrogen-bond acceptors (Lipinski definition) is 4. The van der Waals surface area contributed by atoms with Crippen LogP contribution < -0.4 is 0 Å². The van der Waals surface area contributed by atoms with Crippen LogP contribution in [0.5, 0.6) is 0 Å². The summed E-state index contributed by atoms with van der Waals surface area (Å²) in [6, 6.07) is 0. The van der Waals surface area contributed by atoms with E-state index in [1.807, 2.05) is 6.92 Å². The maximum absolute atomic E-state index is 12.0. The van der Waals surface area contributed by atoms with Gasteiger partial charge in [0.15, 0.2) is 5.78 Å². The molecule has 0 aromatic heterocycles. The molecule has 0 spiro atoms. The molecule has 0 radical (unpaired) electrons. The Morgan fingerprint density at radius 3 is 2.25 bits per heavy atom. The lowest BCUT2D eigenvalue weighted by molar-refractivity contribution is -0.121. The molecule has 0 fully saturated rings. The van der Waals surface area contributed by atoms with Crippen LogP contribution in [0, 0.1) is 11.8 Å². The molecule has 0 N–H and O–H groups in total. The van der Waals surface area contributed by atoms with Crippen molar-refractivity contribution in [3.05, 3.63) is 47.1 Å². The largest absolute Gasteiger partial charge is 0.508 e. The molecule has 4 nitrogen and oxygen atoms in total. The number of ketones is 1. The summed E-state index contributed by atoms with van der Waals surface area (Å²) in [5, 5.41) is 0. The number of carbonyl (C=O) groups is 2. The van der Waals surface area contributed by atoms with Crippen LogP contribution in [0.25, 0.3) is 0 Å². The molecule has 3 unspecified atom stereocenters. The van der Waals surface area contributed by atoms with Crippen molar-refractivity contribution in [1.29, 1.82) is 0 Å². The monoisotopic (exact) mass is 388 g/mol. The predicted molar refractivity (Wildman–Crippen MR) is 114 cm³/mol. The summed E-state index contributed by atoms with van der Waals surface area (Å²) >= 11 is 0. The van der Waals surface area contributed by atoms with Gasteiger partial charge in [-0.1, -0.05) is 41.9 Å². The lowest BCUT2D eigenvalue weighted by atomic mass is 9.79. The van der Waals surface area contributed by atoms with Gasteiger partial charge in [-0.05, 0) is 72.0 Å². The smallest absolute Gasteiger partial charge is 0.438 e. The molecule has 0 saturated heterocycles. The number of ether oxygens (including phenoxy) is 2.